The van der Waals surface area contributed by atoms with E-state index in [1.54, 1.807) is 0 Å². The first-order chi connectivity index (χ1) is 7.88. The van der Waals surface area contributed by atoms with Crippen molar-refractivity contribution in [3.8, 4) is 0 Å². The summed E-state index contributed by atoms with van der Waals surface area (Å²) in [4.78, 5) is 11.9. The van der Waals surface area contributed by atoms with E-state index in [1.807, 2.05) is 39.0 Å². The fraction of sp³-hybridized carbons (Fsp3) is 0.462. The van der Waals surface area contributed by atoms with Crippen molar-refractivity contribution in [2.45, 2.75) is 33.8 Å². The van der Waals surface area contributed by atoms with E-state index in [2.05, 4.69) is 0 Å². The maximum absolute atomic E-state index is 11.9. The molecule has 0 bridgehead atoms. The summed E-state index contributed by atoms with van der Waals surface area (Å²) in [5.74, 6) is 0.200. The van der Waals surface area contributed by atoms with Gasteiger partial charge in [0.05, 0.1) is 6.61 Å². The lowest BCUT2D eigenvalue weighted by atomic mass is 9.78. The Morgan fingerprint density at radius 2 is 2.18 bits per heavy atom. The second-order valence-electron chi connectivity index (χ2n) is 5.55. The first kappa shape index (κ1) is 12.3. The van der Waals surface area contributed by atoms with Crippen LogP contribution in [-0.2, 0) is 22.5 Å². The van der Waals surface area contributed by atoms with Crippen molar-refractivity contribution in [2.24, 2.45) is 5.41 Å². The van der Waals surface area contributed by atoms with Crippen LogP contribution in [0.3, 0.4) is 0 Å². The Morgan fingerprint density at radius 3 is 2.82 bits per heavy atom. The first-order valence-corrected chi connectivity index (χ1v) is 5.82. The van der Waals surface area contributed by atoms with Gasteiger partial charge < -0.3 is 9.68 Å². The molecule has 17 heavy (non-hydrogen) atoms. The Morgan fingerprint density at radius 1 is 1.47 bits per heavy atom. The van der Waals surface area contributed by atoms with Gasteiger partial charge in [-0.2, -0.15) is 0 Å². The van der Waals surface area contributed by atoms with Gasteiger partial charge >= 0.3 is 7.12 Å². The van der Waals surface area contributed by atoms with E-state index in [-0.39, 0.29) is 11.2 Å². The highest BCUT2D eigenvalue weighted by atomic mass is 16.5. The van der Waals surface area contributed by atoms with Crippen molar-refractivity contribution in [1.82, 2.24) is 0 Å². The second kappa shape index (κ2) is 4.28. The number of hydrogen-bond acceptors (Lipinski definition) is 3. The summed E-state index contributed by atoms with van der Waals surface area (Å²) in [5, 5.41) is 9.59. The van der Waals surface area contributed by atoms with Crippen LogP contribution in [0.25, 0.3) is 0 Å². The molecule has 90 valence electrons. The molecule has 1 heterocycles. The van der Waals surface area contributed by atoms with Crippen LogP contribution in [0.1, 0.15) is 31.9 Å². The Hall–Kier alpha value is -1.13. The van der Waals surface area contributed by atoms with E-state index in [0.29, 0.717) is 13.0 Å². The third-order valence-electron chi connectivity index (χ3n) is 3.07. The monoisotopic (exact) mass is 232 g/mol. The topological polar surface area (TPSA) is 46.5 Å². The van der Waals surface area contributed by atoms with Crippen molar-refractivity contribution in [2.75, 3.05) is 0 Å². The fourth-order valence-electron chi connectivity index (χ4n) is 1.82. The molecule has 1 aliphatic rings. The molecule has 2 rings (SSSR count). The molecule has 0 fully saturated rings. The third-order valence-corrected chi connectivity index (χ3v) is 3.07. The largest absolute Gasteiger partial charge is 0.491 e. The van der Waals surface area contributed by atoms with Crippen molar-refractivity contribution in [1.29, 1.82) is 0 Å². The van der Waals surface area contributed by atoms with Gasteiger partial charge in [0.15, 0.2) is 0 Å². The zero-order valence-corrected chi connectivity index (χ0v) is 10.5. The summed E-state index contributed by atoms with van der Waals surface area (Å²) in [6.45, 7) is 6.20. The van der Waals surface area contributed by atoms with Crippen LogP contribution in [-0.4, -0.2) is 17.9 Å². The van der Waals surface area contributed by atoms with Gasteiger partial charge in [-0.25, -0.2) is 0 Å². The quantitative estimate of drug-likeness (QED) is 0.775. The Bertz CT molecular complexity index is 448. The van der Waals surface area contributed by atoms with Crippen LogP contribution in [0.2, 0.25) is 0 Å². The highest BCUT2D eigenvalue weighted by molar-refractivity contribution is 6.61. The molecule has 0 aromatic heterocycles. The Kier molecular flexibility index (Phi) is 3.10. The number of ketones is 1. The minimum Gasteiger partial charge on any atom is -0.423 e. The summed E-state index contributed by atoms with van der Waals surface area (Å²) in [6, 6.07) is 5.73. The molecular formula is C13H17BO3. The van der Waals surface area contributed by atoms with Crippen LogP contribution in [0.15, 0.2) is 18.2 Å². The van der Waals surface area contributed by atoms with E-state index in [4.69, 9.17) is 4.65 Å². The molecule has 1 aromatic carbocycles. The van der Waals surface area contributed by atoms with Crippen LogP contribution < -0.4 is 5.46 Å². The molecule has 0 spiro atoms. The molecule has 0 amide bonds. The maximum atomic E-state index is 11.9. The molecule has 0 aliphatic carbocycles. The summed E-state index contributed by atoms with van der Waals surface area (Å²) in [7, 11) is -0.838. The van der Waals surface area contributed by atoms with Gasteiger partial charge in [-0.15, -0.1) is 0 Å². The lowest BCUT2D eigenvalue weighted by Crippen LogP contribution is -2.29. The van der Waals surface area contributed by atoms with Crippen LogP contribution in [0.5, 0.6) is 0 Å². The van der Waals surface area contributed by atoms with Crippen LogP contribution >= 0.6 is 0 Å². The standard InChI is InChI=1S/C13H17BO3/c1-13(2,3)12(15)7-9-4-5-10-8-17-14(16)11(10)6-9/h4-6,16H,7-8H2,1-3H3. The molecule has 1 aromatic rings. The molecular weight excluding hydrogens is 215 g/mol. The molecule has 1 aliphatic heterocycles. The van der Waals surface area contributed by atoms with E-state index >= 15 is 0 Å². The molecule has 0 unspecified atom stereocenters. The predicted octanol–water partition coefficient (Wildman–Crippen LogP) is 1.06. The average Bonchev–Trinajstić information content (AvgIpc) is 2.59. The van der Waals surface area contributed by atoms with Crippen molar-refractivity contribution >= 4 is 18.4 Å². The number of hydrogen-bond donors (Lipinski definition) is 1. The molecule has 4 heteroatoms. The lowest BCUT2D eigenvalue weighted by molar-refractivity contribution is -0.125. The summed E-state index contributed by atoms with van der Waals surface area (Å²) in [6.07, 6.45) is 0.406. The van der Waals surface area contributed by atoms with Gasteiger partial charge in [-0.3, -0.25) is 4.79 Å². The first-order valence-electron chi connectivity index (χ1n) is 5.82. The number of carbonyl (C=O) groups excluding carboxylic acids is 1. The van der Waals surface area contributed by atoms with Crippen molar-refractivity contribution in [3.05, 3.63) is 29.3 Å². The maximum Gasteiger partial charge on any atom is 0.491 e. The minimum absolute atomic E-state index is 0.200. The van der Waals surface area contributed by atoms with Gasteiger partial charge in [0, 0.05) is 11.8 Å². The number of Topliss-reactive ketones (excluding diaryl/α,β-unsaturated/α-hetero) is 1. The normalized spacial score (nSPS) is 14.9. The second-order valence-corrected chi connectivity index (χ2v) is 5.55. The van der Waals surface area contributed by atoms with Crippen molar-refractivity contribution in [3.63, 3.8) is 0 Å². The number of rotatable bonds is 2. The minimum atomic E-state index is -0.838. The van der Waals surface area contributed by atoms with Crippen LogP contribution in [0.4, 0.5) is 0 Å². The Balaban J connectivity index is 2.19. The van der Waals surface area contributed by atoms with Crippen LogP contribution in [0, 0.1) is 5.41 Å². The highest BCUT2D eigenvalue weighted by Gasteiger charge is 2.28. The smallest absolute Gasteiger partial charge is 0.423 e. The van der Waals surface area contributed by atoms with Gasteiger partial charge in [-0.1, -0.05) is 39.0 Å². The summed E-state index contributed by atoms with van der Waals surface area (Å²) in [5.41, 5.74) is 2.41. The van der Waals surface area contributed by atoms with E-state index < -0.39 is 7.12 Å². The van der Waals surface area contributed by atoms with Gasteiger partial charge in [-0.05, 0) is 16.6 Å². The van der Waals surface area contributed by atoms with Gasteiger partial charge in [0.2, 0.25) is 0 Å². The average molecular weight is 232 g/mol. The third kappa shape index (κ3) is 2.59. The number of carbonyl (C=O) groups is 1. The number of benzene rings is 1. The molecule has 1 N–H and O–H groups in total. The molecule has 0 saturated carbocycles. The zero-order valence-electron chi connectivity index (χ0n) is 10.5. The van der Waals surface area contributed by atoms with Crippen molar-refractivity contribution < 1.29 is 14.5 Å². The Labute approximate surface area is 102 Å². The van der Waals surface area contributed by atoms with Gasteiger partial charge in [0.1, 0.15) is 5.78 Å². The SMILES string of the molecule is CC(C)(C)C(=O)Cc1ccc2c(c1)B(O)OC2. The molecule has 0 atom stereocenters. The fourth-order valence-corrected chi connectivity index (χ4v) is 1.82. The predicted molar refractivity (Wildman–Crippen MR) is 67.0 cm³/mol. The lowest BCUT2D eigenvalue weighted by Gasteiger charge is -2.16. The summed E-state index contributed by atoms with van der Waals surface area (Å²) < 4.78 is 5.12. The van der Waals surface area contributed by atoms with E-state index in [0.717, 1.165) is 16.6 Å². The summed E-state index contributed by atoms with van der Waals surface area (Å²) >= 11 is 0. The molecule has 0 radical (unpaired) electrons. The van der Waals surface area contributed by atoms with E-state index in [9.17, 15) is 9.82 Å². The zero-order chi connectivity index (χ0) is 12.6. The number of fused-ring (bicyclic) bond motifs is 1. The molecule has 3 nitrogen and oxygen atoms in total. The van der Waals surface area contributed by atoms with Gasteiger partial charge in [0.25, 0.3) is 0 Å². The highest BCUT2D eigenvalue weighted by Crippen LogP contribution is 2.19. The molecule has 0 saturated heterocycles. The van der Waals surface area contributed by atoms with E-state index in [1.165, 1.54) is 0 Å².